The van der Waals surface area contributed by atoms with E-state index in [-0.39, 0.29) is 6.04 Å². The number of nitrogens with two attached hydrogens (primary N) is 1. The predicted molar refractivity (Wildman–Crippen MR) is 129 cm³/mol. The molecule has 2 heterocycles. The van der Waals surface area contributed by atoms with Crippen LogP contribution in [-0.4, -0.2) is 45.6 Å². The van der Waals surface area contributed by atoms with E-state index >= 15 is 0 Å². The van der Waals surface area contributed by atoms with E-state index in [1.165, 1.54) is 6.20 Å². The highest BCUT2D eigenvalue weighted by Gasteiger charge is 2.30. The summed E-state index contributed by atoms with van der Waals surface area (Å²) in [6.45, 7) is -1.43. The van der Waals surface area contributed by atoms with Crippen LogP contribution in [0.5, 0.6) is 0 Å². The first-order chi connectivity index (χ1) is 17.3. The number of nitrogens with one attached hydrogen (secondary N) is 2. The fourth-order valence-electron chi connectivity index (χ4n) is 3.65. The van der Waals surface area contributed by atoms with Crippen LogP contribution >= 0.6 is 0 Å². The topological polar surface area (TPSA) is 133 Å². The number of hydrogen-bond acceptors (Lipinski definition) is 6. The molecule has 2 aromatic heterocycles. The molecule has 3 aromatic rings. The number of aromatic nitrogens is 3. The molecule has 12 heteroatoms. The third-order valence-electron chi connectivity index (χ3n) is 5.61. The Morgan fingerprint density at radius 1 is 1.33 bits per heavy atom. The minimum Gasteiger partial charge on any atom is -0.404 e. The summed E-state index contributed by atoms with van der Waals surface area (Å²) in [4.78, 5) is 20.7. The van der Waals surface area contributed by atoms with Crippen LogP contribution in [0, 0.1) is 17.2 Å². The number of allylic oxidation sites excluding steroid dienone is 1. The monoisotopic (exact) mass is 496 g/mol. The van der Waals surface area contributed by atoms with E-state index in [9.17, 15) is 18.0 Å². The number of alkyl halides is 3. The Morgan fingerprint density at radius 2 is 2.14 bits per heavy atom. The van der Waals surface area contributed by atoms with Crippen molar-refractivity contribution in [3.05, 3.63) is 54.5 Å². The van der Waals surface area contributed by atoms with Gasteiger partial charge in [0, 0.05) is 34.8 Å². The number of halogens is 3. The number of rotatable bonds is 8. The molecule has 0 spiro atoms. The molecule has 1 aliphatic carbocycles. The molecule has 0 bridgehead atoms. The summed E-state index contributed by atoms with van der Waals surface area (Å²) in [5, 5.41) is 17.6. The van der Waals surface area contributed by atoms with E-state index in [0.29, 0.717) is 46.1 Å². The van der Waals surface area contributed by atoms with Crippen molar-refractivity contribution in [3.63, 3.8) is 0 Å². The van der Waals surface area contributed by atoms with Gasteiger partial charge in [-0.3, -0.25) is 4.99 Å². The Morgan fingerprint density at radius 3 is 2.83 bits per heavy atom. The zero-order valence-corrected chi connectivity index (χ0v) is 19.0. The fourth-order valence-corrected chi connectivity index (χ4v) is 3.65. The van der Waals surface area contributed by atoms with Crippen molar-refractivity contribution in [2.75, 3.05) is 11.9 Å². The molecule has 4 rings (SSSR count). The van der Waals surface area contributed by atoms with Crippen LogP contribution in [0.15, 0.2) is 53.9 Å². The van der Waals surface area contributed by atoms with Crippen molar-refractivity contribution in [3.8, 4) is 17.3 Å². The molecule has 1 atom stereocenters. The number of anilines is 1. The number of nitrogens with zero attached hydrogens (tertiary/aromatic N) is 5. The Bertz CT molecular complexity index is 1350. The first-order valence-corrected chi connectivity index (χ1v) is 11.2. The fraction of sp³-hybridized carbons (Fsp3) is 0.292. The van der Waals surface area contributed by atoms with Crippen LogP contribution in [0.2, 0.25) is 0 Å². The Hall–Kier alpha value is -4.40. The molecule has 9 nitrogen and oxygen atoms in total. The standard InChI is InChI=1S/C24H23F3N8O/c25-24(26,27)14-32-23(36)34-19-3-1-2-16(8-19)21-13-31-22-9-17(12-33-35(21)22)18(10-29)11-30-20(6-7-28)15-4-5-15/h1-3,8-13,15,20H,4-6,14,29H2,(H2,32,34,36)/b18-10+,30-11?. The van der Waals surface area contributed by atoms with Gasteiger partial charge in [0.1, 0.15) is 6.54 Å². The summed E-state index contributed by atoms with van der Waals surface area (Å²) in [6, 6.07) is 9.56. The maximum absolute atomic E-state index is 12.3. The molecule has 4 N–H and O–H groups in total. The van der Waals surface area contributed by atoms with Crippen molar-refractivity contribution >= 4 is 29.2 Å². The van der Waals surface area contributed by atoms with Crippen molar-refractivity contribution in [1.82, 2.24) is 19.9 Å². The minimum atomic E-state index is -4.50. The maximum Gasteiger partial charge on any atom is 0.405 e. The van der Waals surface area contributed by atoms with Crippen molar-refractivity contribution < 1.29 is 18.0 Å². The van der Waals surface area contributed by atoms with E-state index in [2.05, 4.69) is 26.5 Å². The highest BCUT2D eigenvalue weighted by atomic mass is 19.4. The number of hydrogen-bond donors (Lipinski definition) is 3. The SMILES string of the molecule is N#CCC(N=C/C(=C\N)c1cnn2c(-c3cccc(NC(=O)NCC(F)(F)F)c3)cnc2c1)C1CC1. The quantitative estimate of drug-likeness (QED) is 0.403. The van der Waals surface area contributed by atoms with E-state index in [1.807, 2.05) is 0 Å². The molecule has 36 heavy (non-hydrogen) atoms. The van der Waals surface area contributed by atoms with Gasteiger partial charge in [0.05, 0.1) is 36.6 Å². The molecule has 1 fully saturated rings. The summed E-state index contributed by atoms with van der Waals surface area (Å²) in [5.74, 6) is 0.441. The van der Waals surface area contributed by atoms with Crippen LogP contribution in [0.4, 0.5) is 23.7 Å². The second-order valence-electron chi connectivity index (χ2n) is 8.33. The van der Waals surface area contributed by atoms with Crippen LogP contribution in [0.25, 0.3) is 22.5 Å². The number of amides is 2. The predicted octanol–water partition coefficient (Wildman–Crippen LogP) is 4.14. The lowest BCUT2D eigenvalue weighted by molar-refractivity contribution is -0.122. The first-order valence-electron chi connectivity index (χ1n) is 11.2. The molecular weight excluding hydrogens is 473 g/mol. The molecule has 186 valence electrons. The summed E-state index contributed by atoms with van der Waals surface area (Å²) >= 11 is 0. The number of urea groups is 1. The minimum absolute atomic E-state index is 0.0453. The second kappa shape index (κ2) is 10.5. The van der Waals surface area contributed by atoms with E-state index < -0.39 is 18.8 Å². The molecule has 0 saturated heterocycles. The van der Waals surface area contributed by atoms with Gasteiger partial charge in [-0.15, -0.1) is 0 Å². The molecule has 0 radical (unpaired) electrons. The van der Waals surface area contributed by atoms with Crippen LogP contribution in [-0.2, 0) is 0 Å². The average molecular weight is 496 g/mol. The van der Waals surface area contributed by atoms with Gasteiger partial charge >= 0.3 is 12.2 Å². The number of benzene rings is 1. The normalized spacial score (nSPS) is 15.1. The van der Waals surface area contributed by atoms with Gasteiger partial charge in [0.2, 0.25) is 0 Å². The van der Waals surface area contributed by atoms with Gasteiger partial charge < -0.3 is 16.4 Å². The van der Waals surface area contributed by atoms with Crippen molar-refractivity contribution in [2.45, 2.75) is 31.5 Å². The summed E-state index contributed by atoms with van der Waals surface area (Å²) < 4.78 is 38.5. The second-order valence-corrected chi connectivity index (χ2v) is 8.33. The smallest absolute Gasteiger partial charge is 0.404 e. The van der Waals surface area contributed by atoms with Gasteiger partial charge in [-0.25, -0.2) is 14.3 Å². The maximum atomic E-state index is 12.3. The van der Waals surface area contributed by atoms with Crippen LogP contribution in [0.3, 0.4) is 0 Å². The van der Waals surface area contributed by atoms with Crippen LogP contribution < -0.4 is 16.4 Å². The highest BCUT2D eigenvalue weighted by molar-refractivity contribution is 6.09. The first kappa shape index (κ1) is 24.7. The lowest BCUT2D eigenvalue weighted by atomic mass is 10.1. The van der Waals surface area contributed by atoms with Gasteiger partial charge in [-0.2, -0.15) is 23.5 Å². The van der Waals surface area contributed by atoms with Gasteiger partial charge in [0.15, 0.2) is 5.65 Å². The van der Waals surface area contributed by atoms with E-state index in [1.54, 1.807) is 58.8 Å². The third kappa shape index (κ3) is 6.18. The van der Waals surface area contributed by atoms with Crippen molar-refractivity contribution in [1.29, 1.82) is 5.26 Å². The zero-order chi connectivity index (χ0) is 25.7. The molecule has 1 unspecified atom stereocenters. The van der Waals surface area contributed by atoms with Gasteiger partial charge in [-0.05, 0) is 37.0 Å². The number of aliphatic imine (C=N–C) groups is 1. The summed E-state index contributed by atoms with van der Waals surface area (Å²) in [6.07, 6.45) is 4.32. The Balaban J connectivity index is 1.52. The molecule has 2 amide bonds. The van der Waals surface area contributed by atoms with Crippen LogP contribution in [0.1, 0.15) is 24.8 Å². The molecule has 1 aliphatic rings. The number of fused-ring (bicyclic) bond motifs is 1. The largest absolute Gasteiger partial charge is 0.405 e. The number of nitriles is 1. The Kier molecular flexibility index (Phi) is 7.19. The molecule has 1 aromatic carbocycles. The Labute approximate surface area is 204 Å². The summed E-state index contributed by atoms with van der Waals surface area (Å²) in [5.41, 5.74) is 9.29. The lowest BCUT2D eigenvalue weighted by Crippen LogP contribution is -2.36. The number of carbonyl (C=O) groups excluding carboxylic acids is 1. The molecular formula is C24H23F3N8O. The van der Waals surface area contributed by atoms with Gasteiger partial charge in [0.25, 0.3) is 0 Å². The van der Waals surface area contributed by atoms with Crippen molar-refractivity contribution in [2.24, 2.45) is 16.6 Å². The van der Waals surface area contributed by atoms with E-state index in [4.69, 9.17) is 11.0 Å². The highest BCUT2D eigenvalue weighted by Crippen LogP contribution is 2.36. The molecule has 1 saturated carbocycles. The van der Waals surface area contributed by atoms with E-state index in [0.717, 1.165) is 12.8 Å². The zero-order valence-electron chi connectivity index (χ0n) is 19.0. The van der Waals surface area contributed by atoms with Gasteiger partial charge in [-0.1, -0.05) is 12.1 Å². The average Bonchev–Trinajstić information content (AvgIpc) is 3.61. The lowest BCUT2D eigenvalue weighted by Gasteiger charge is -2.10. The summed E-state index contributed by atoms with van der Waals surface area (Å²) in [7, 11) is 0. The molecule has 0 aliphatic heterocycles. The third-order valence-corrected chi connectivity index (χ3v) is 5.61. The number of carbonyl (C=O) groups is 1. The number of imidazole rings is 1.